The highest BCUT2D eigenvalue weighted by atomic mass is 19.4. The van der Waals surface area contributed by atoms with Crippen LogP contribution in [0.3, 0.4) is 0 Å². The molecular formula is C12H17F3O2. The van der Waals surface area contributed by atoms with Crippen molar-refractivity contribution in [2.45, 2.75) is 56.7 Å². The van der Waals surface area contributed by atoms with Crippen LogP contribution in [-0.4, -0.2) is 24.2 Å². The van der Waals surface area contributed by atoms with Crippen LogP contribution in [0.2, 0.25) is 0 Å². The van der Waals surface area contributed by atoms with Gasteiger partial charge in [0.15, 0.2) is 0 Å². The van der Waals surface area contributed by atoms with Gasteiger partial charge >= 0.3 is 6.18 Å². The Labute approximate surface area is 98.5 Å². The number of carbonyl (C=O) groups excluding carboxylic acids is 1. The molecule has 98 valence electrons. The van der Waals surface area contributed by atoms with Gasteiger partial charge in [0, 0.05) is 18.9 Å². The second-order valence-electron chi connectivity index (χ2n) is 5.16. The van der Waals surface area contributed by atoms with Crippen molar-refractivity contribution in [3.05, 3.63) is 0 Å². The standard InChI is InChI=1S/C12H17F3O2/c13-12(14,15)6-2-10(16)9-3-7-17-11(8-9)4-1-5-11/h9H,1-8H2. The Balaban J connectivity index is 1.83. The summed E-state index contributed by atoms with van der Waals surface area (Å²) in [6, 6.07) is 0. The predicted octanol–water partition coefficient (Wildman–Crippen LogP) is 3.25. The molecule has 0 aromatic heterocycles. The van der Waals surface area contributed by atoms with Gasteiger partial charge in [-0.1, -0.05) is 0 Å². The number of ether oxygens (including phenoxy) is 1. The molecule has 1 heterocycles. The molecule has 0 bridgehead atoms. The molecule has 2 nitrogen and oxygen atoms in total. The monoisotopic (exact) mass is 250 g/mol. The van der Waals surface area contributed by atoms with E-state index in [1.165, 1.54) is 0 Å². The van der Waals surface area contributed by atoms with Crippen LogP contribution in [0.25, 0.3) is 0 Å². The van der Waals surface area contributed by atoms with Crippen molar-refractivity contribution in [1.29, 1.82) is 0 Å². The van der Waals surface area contributed by atoms with E-state index in [1.807, 2.05) is 0 Å². The minimum atomic E-state index is -4.23. The fourth-order valence-corrected chi connectivity index (χ4v) is 2.69. The number of rotatable bonds is 3. The van der Waals surface area contributed by atoms with E-state index >= 15 is 0 Å². The first-order valence-electron chi connectivity index (χ1n) is 6.14. The smallest absolute Gasteiger partial charge is 0.375 e. The van der Waals surface area contributed by atoms with Gasteiger partial charge in [0.2, 0.25) is 0 Å². The third-order valence-corrected chi connectivity index (χ3v) is 3.87. The van der Waals surface area contributed by atoms with Crippen LogP contribution in [0.5, 0.6) is 0 Å². The maximum atomic E-state index is 12.0. The quantitative estimate of drug-likeness (QED) is 0.768. The van der Waals surface area contributed by atoms with Gasteiger partial charge in [-0.15, -0.1) is 0 Å². The summed E-state index contributed by atoms with van der Waals surface area (Å²) in [5.74, 6) is -0.455. The molecule has 1 aliphatic carbocycles. The Kier molecular flexibility index (Phi) is 3.48. The lowest BCUT2D eigenvalue weighted by Crippen LogP contribution is -2.47. The summed E-state index contributed by atoms with van der Waals surface area (Å²) in [7, 11) is 0. The van der Waals surface area contributed by atoms with Gasteiger partial charge < -0.3 is 4.74 Å². The lowest BCUT2D eigenvalue weighted by atomic mass is 9.71. The molecule has 0 aromatic carbocycles. The summed E-state index contributed by atoms with van der Waals surface area (Å²) in [6.45, 7) is 0.516. The molecule has 17 heavy (non-hydrogen) atoms. The summed E-state index contributed by atoms with van der Waals surface area (Å²) < 4.78 is 41.8. The molecule has 0 amide bonds. The average Bonchev–Trinajstić information content (AvgIpc) is 2.23. The van der Waals surface area contributed by atoms with Crippen LogP contribution in [0.1, 0.15) is 44.9 Å². The SMILES string of the molecule is O=C(CCC(F)(F)F)C1CCOC2(CCC2)C1. The van der Waals surface area contributed by atoms with Crippen LogP contribution in [0.15, 0.2) is 0 Å². The first kappa shape index (κ1) is 12.9. The normalized spacial score (nSPS) is 27.8. The van der Waals surface area contributed by atoms with E-state index in [4.69, 9.17) is 4.74 Å². The molecular weight excluding hydrogens is 233 g/mol. The van der Waals surface area contributed by atoms with Gasteiger partial charge in [-0.25, -0.2) is 0 Å². The lowest BCUT2D eigenvalue weighted by molar-refractivity contribution is -0.160. The number of hydrogen-bond donors (Lipinski definition) is 0. The van der Waals surface area contributed by atoms with Crippen molar-refractivity contribution >= 4 is 5.78 Å². The molecule has 1 saturated heterocycles. The number of alkyl halides is 3. The Morgan fingerprint density at radius 2 is 2.06 bits per heavy atom. The summed E-state index contributed by atoms with van der Waals surface area (Å²) in [5.41, 5.74) is -0.170. The molecule has 0 aromatic rings. The zero-order valence-corrected chi connectivity index (χ0v) is 9.68. The number of hydrogen-bond acceptors (Lipinski definition) is 2. The molecule has 1 spiro atoms. The third-order valence-electron chi connectivity index (χ3n) is 3.87. The maximum Gasteiger partial charge on any atom is 0.389 e. The van der Waals surface area contributed by atoms with E-state index in [0.717, 1.165) is 19.3 Å². The predicted molar refractivity (Wildman–Crippen MR) is 55.6 cm³/mol. The number of ketones is 1. The highest BCUT2D eigenvalue weighted by Gasteiger charge is 2.44. The zero-order chi connectivity index (χ0) is 12.5. The Hall–Kier alpha value is -0.580. The van der Waals surface area contributed by atoms with Crippen molar-refractivity contribution in [2.24, 2.45) is 5.92 Å². The third kappa shape index (κ3) is 3.21. The first-order valence-corrected chi connectivity index (χ1v) is 6.14. The molecule has 0 radical (unpaired) electrons. The van der Waals surface area contributed by atoms with Crippen molar-refractivity contribution in [2.75, 3.05) is 6.61 Å². The number of Topliss-reactive ketones (excluding diaryl/α,β-unsaturated/α-hetero) is 1. The maximum absolute atomic E-state index is 12.0. The van der Waals surface area contributed by atoms with Crippen LogP contribution in [0.4, 0.5) is 13.2 Å². The van der Waals surface area contributed by atoms with Gasteiger partial charge in [-0.05, 0) is 32.1 Å². The molecule has 2 fully saturated rings. The van der Waals surface area contributed by atoms with Crippen molar-refractivity contribution in [3.63, 3.8) is 0 Å². The van der Waals surface area contributed by atoms with E-state index in [-0.39, 0.29) is 23.7 Å². The summed E-state index contributed by atoms with van der Waals surface area (Å²) in [4.78, 5) is 11.7. The molecule has 1 saturated carbocycles. The van der Waals surface area contributed by atoms with Crippen LogP contribution < -0.4 is 0 Å². The van der Waals surface area contributed by atoms with Gasteiger partial charge in [-0.2, -0.15) is 13.2 Å². The molecule has 0 N–H and O–H groups in total. The fraction of sp³-hybridized carbons (Fsp3) is 0.917. The Morgan fingerprint density at radius 1 is 1.35 bits per heavy atom. The molecule has 1 atom stereocenters. The molecule has 5 heteroatoms. The fourth-order valence-electron chi connectivity index (χ4n) is 2.69. The average molecular weight is 250 g/mol. The minimum Gasteiger partial charge on any atom is -0.375 e. The van der Waals surface area contributed by atoms with Gasteiger partial charge in [0.1, 0.15) is 5.78 Å². The van der Waals surface area contributed by atoms with E-state index in [9.17, 15) is 18.0 Å². The summed E-state index contributed by atoms with van der Waals surface area (Å²) in [5, 5.41) is 0. The van der Waals surface area contributed by atoms with E-state index in [0.29, 0.717) is 19.4 Å². The van der Waals surface area contributed by atoms with Crippen molar-refractivity contribution in [3.8, 4) is 0 Å². The lowest BCUT2D eigenvalue weighted by Gasteiger charge is -2.46. The Bertz CT molecular complexity index is 295. The zero-order valence-electron chi connectivity index (χ0n) is 9.68. The molecule has 2 aliphatic rings. The first-order chi connectivity index (χ1) is 7.90. The minimum absolute atomic E-state index is 0.170. The highest BCUT2D eigenvalue weighted by molar-refractivity contribution is 5.81. The molecule has 2 rings (SSSR count). The largest absolute Gasteiger partial charge is 0.389 e. The molecule has 1 aliphatic heterocycles. The molecule has 1 unspecified atom stereocenters. The second-order valence-corrected chi connectivity index (χ2v) is 5.16. The van der Waals surface area contributed by atoms with E-state index < -0.39 is 12.6 Å². The van der Waals surface area contributed by atoms with E-state index in [2.05, 4.69) is 0 Å². The topological polar surface area (TPSA) is 26.3 Å². The van der Waals surface area contributed by atoms with Crippen LogP contribution in [-0.2, 0) is 9.53 Å². The van der Waals surface area contributed by atoms with Crippen molar-refractivity contribution < 1.29 is 22.7 Å². The van der Waals surface area contributed by atoms with Crippen LogP contribution in [0, 0.1) is 5.92 Å². The van der Waals surface area contributed by atoms with Crippen molar-refractivity contribution in [1.82, 2.24) is 0 Å². The van der Waals surface area contributed by atoms with Gasteiger partial charge in [-0.3, -0.25) is 4.79 Å². The second kappa shape index (κ2) is 4.59. The highest BCUT2D eigenvalue weighted by Crippen LogP contribution is 2.44. The summed E-state index contributed by atoms with van der Waals surface area (Å²) in [6.07, 6.45) is -1.37. The Morgan fingerprint density at radius 3 is 2.59 bits per heavy atom. The number of halogens is 3. The summed E-state index contributed by atoms with van der Waals surface area (Å²) >= 11 is 0. The van der Waals surface area contributed by atoms with Crippen LogP contribution >= 0.6 is 0 Å². The van der Waals surface area contributed by atoms with Gasteiger partial charge in [0.25, 0.3) is 0 Å². The number of carbonyl (C=O) groups is 1. The van der Waals surface area contributed by atoms with E-state index in [1.54, 1.807) is 0 Å². The van der Waals surface area contributed by atoms with Gasteiger partial charge in [0.05, 0.1) is 12.0 Å².